The van der Waals surface area contributed by atoms with Crippen molar-refractivity contribution in [1.82, 2.24) is 25.2 Å². The highest BCUT2D eigenvalue weighted by molar-refractivity contribution is 7.89. The van der Waals surface area contributed by atoms with Crippen LogP contribution in [0.15, 0.2) is 53.4 Å². The zero-order chi connectivity index (χ0) is 31.7. The summed E-state index contributed by atoms with van der Waals surface area (Å²) < 4.78 is 78.2. The first-order chi connectivity index (χ1) is 21.0. The second-order valence-corrected chi connectivity index (χ2v) is 12.5. The van der Waals surface area contributed by atoms with Crippen LogP contribution in [0.25, 0.3) is 0 Å². The van der Waals surface area contributed by atoms with Gasteiger partial charge in [-0.05, 0) is 55.2 Å². The molecule has 2 atom stereocenters. The van der Waals surface area contributed by atoms with E-state index in [1.165, 1.54) is 7.11 Å². The fourth-order valence-electron chi connectivity index (χ4n) is 5.14. The van der Waals surface area contributed by atoms with Gasteiger partial charge in [-0.3, -0.25) is 9.69 Å². The number of sulfonamides is 1. The highest BCUT2D eigenvalue weighted by Crippen LogP contribution is 2.32. The number of ether oxygens (including phenoxy) is 2. The molecule has 0 spiro atoms. The van der Waals surface area contributed by atoms with Crippen LogP contribution in [0.1, 0.15) is 30.4 Å². The van der Waals surface area contributed by atoms with Crippen LogP contribution >= 0.6 is 0 Å². The van der Waals surface area contributed by atoms with E-state index in [0.717, 1.165) is 54.2 Å². The number of hydrogen-bond acceptors (Lipinski definition) is 8. The van der Waals surface area contributed by atoms with E-state index in [1.807, 2.05) is 0 Å². The number of rotatable bonds is 11. The average Bonchev–Trinajstić information content (AvgIpc) is 3.01. The topological polar surface area (TPSA) is 129 Å². The van der Waals surface area contributed by atoms with Crippen LogP contribution in [0.4, 0.5) is 18.0 Å². The monoisotopic (exact) mass is 641 g/mol. The predicted molar refractivity (Wildman–Crippen MR) is 155 cm³/mol. The Morgan fingerprint density at radius 3 is 2.48 bits per heavy atom. The van der Waals surface area contributed by atoms with Gasteiger partial charge in [-0.15, -0.1) is 0 Å². The van der Waals surface area contributed by atoms with E-state index < -0.39 is 50.9 Å². The van der Waals surface area contributed by atoms with Gasteiger partial charge in [0, 0.05) is 52.2 Å². The van der Waals surface area contributed by atoms with Gasteiger partial charge in [0.05, 0.1) is 17.6 Å². The molecule has 4 rings (SSSR count). The van der Waals surface area contributed by atoms with Crippen LogP contribution in [0, 0.1) is 0 Å². The molecule has 0 aliphatic carbocycles. The first-order valence-corrected chi connectivity index (χ1v) is 15.9. The molecule has 15 heteroatoms. The number of nitrogens with one attached hydrogen (secondary N) is 3. The van der Waals surface area contributed by atoms with Gasteiger partial charge in [-0.1, -0.05) is 18.2 Å². The van der Waals surface area contributed by atoms with E-state index in [0.29, 0.717) is 37.7 Å². The first-order valence-electron chi connectivity index (χ1n) is 14.5. The lowest BCUT2D eigenvalue weighted by molar-refractivity contribution is -0.137. The molecule has 11 nitrogen and oxygen atoms in total. The lowest BCUT2D eigenvalue weighted by Gasteiger charge is -2.34. The highest BCUT2D eigenvalue weighted by Gasteiger charge is 2.38. The second-order valence-electron chi connectivity index (χ2n) is 10.6. The SMILES string of the molecule is COc1ccc(C[C@H](NC(=O)O[C@H]2CCCCN2S(=O)(=O)c2cccc(C(F)(F)F)c2)C(=O)NCCN2CCNCC2)cc1. The Morgan fingerprint density at radius 1 is 1.07 bits per heavy atom. The third kappa shape index (κ3) is 9.06. The number of carbonyl (C=O) groups is 2. The Morgan fingerprint density at radius 2 is 1.80 bits per heavy atom. The third-order valence-corrected chi connectivity index (χ3v) is 9.44. The number of carbonyl (C=O) groups excluding carboxylic acids is 2. The van der Waals surface area contributed by atoms with Crippen LogP contribution in [0.5, 0.6) is 5.75 Å². The molecule has 0 aromatic heterocycles. The number of benzene rings is 2. The summed E-state index contributed by atoms with van der Waals surface area (Å²) in [6, 6.07) is 9.38. The van der Waals surface area contributed by atoms with Crippen LogP contribution < -0.4 is 20.7 Å². The molecule has 0 saturated carbocycles. The number of nitrogens with zero attached hydrogens (tertiary/aromatic N) is 2. The molecule has 2 aromatic rings. The fourth-order valence-corrected chi connectivity index (χ4v) is 6.76. The zero-order valence-electron chi connectivity index (χ0n) is 24.4. The van der Waals surface area contributed by atoms with E-state index >= 15 is 0 Å². The van der Waals surface area contributed by atoms with E-state index in [-0.39, 0.29) is 19.4 Å². The van der Waals surface area contributed by atoms with Crippen molar-refractivity contribution < 1.29 is 40.7 Å². The van der Waals surface area contributed by atoms with E-state index in [9.17, 15) is 31.2 Å². The van der Waals surface area contributed by atoms with Crippen molar-refractivity contribution in [2.45, 2.75) is 49.0 Å². The van der Waals surface area contributed by atoms with Gasteiger partial charge in [0.2, 0.25) is 15.9 Å². The summed E-state index contributed by atoms with van der Waals surface area (Å²) in [6.45, 7) is 4.40. The first kappa shape index (κ1) is 33.5. The maximum absolute atomic E-state index is 13.4. The average molecular weight is 642 g/mol. The Bertz CT molecular complexity index is 1370. The third-order valence-electron chi connectivity index (χ3n) is 7.56. The van der Waals surface area contributed by atoms with Crippen LogP contribution in [-0.4, -0.2) is 94.8 Å². The largest absolute Gasteiger partial charge is 0.497 e. The van der Waals surface area contributed by atoms with E-state index in [2.05, 4.69) is 20.9 Å². The van der Waals surface area contributed by atoms with Crippen LogP contribution in [-0.2, 0) is 32.2 Å². The number of halogens is 3. The molecule has 44 heavy (non-hydrogen) atoms. The molecule has 2 amide bonds. The van der Waals surface area contributed by atoms with Gasteiger partial charge in [-0.25, -0.2) is 13.2 Å². The van der Waals surface area contributed by atoms with Crippen molar-refractivity contribution in [2.75, 3.05) is 52.9 Å². The second kappa shape index (κ2) is 15.1. The smallest absolute Gasteiger partial charge is 0.416 e. The summed E-state index contributed by atoms with van der Waals surface area (Å²) in [6.07, 6.45) is -5.77. The standard InChI is InChI=1S/C29H38F3N5O6S/c1-42-23-10-8-21(9-11-23)19-25(27(38)34-14-18-36-16-12-33-13-17-36)35-28(39)43-26-7-2-3-15-37(26)44(40,41)24-6-4-5-22(20-24)29(30,31)32/h4-6,8-11,20,25-26,33H,2-3,7,12-19H2,1H3,(H,34,38)(H,35,39)/t25-,26-/m0/s1. The zero-order valence-corrected chi connectivity index (χ0v) is 25.3. The molecule has 2 aliphatic heterocycles. The minimum Gasteiger partial charge on any atom is -0.497 e. The Balaban J connectivity index is 1.45. The van der Waals surface area contributed by atoms with Crippen molar-refractivity contribution in [1.29, 1.82) is 0 Å². The van der Waals surface area contributed by atoms with Gasteiger partial charge >= 0.3 is 12.3 Å². The minimum atomic E-state index is -4.73. The summed E-state index contributed by atoms with van der Waals surface area (Å²) >= 11 is 0. The van der Waals surface area contributed by atoms with Crippen LogP contribution in [0.3, 0.4) is 0 Å². The quantitative estimate of drug-likeness (QED) is 0.342. The minimum absolute atomic E-state index is 0.0433. The summed E-state index contributed by atoms with van der Waals surface area (Å²) in [7, 11) is -2.90. The number of methoxy groups -OCH3 is 1. The molecule has 242 valence electrons. The Labute approximate surface area is 255 Å². The number of amides is 2. The molecule has 2 fully saturated rings. The van der Waals surface area contributed by atoms with Gasteiger partial charge in [-0.2, -0.15) is 17.5 Å². The Kier molecular flexibility index (Phi) is 11.5. The molecular formula is C29H38F3N5O6S. The number of alkyl halides is 3. The molecule has 2 heterocycles. The van der Waals surface area contributed by atoms with Gasteiger partial charge in [0.15, 0.2) is 6.23 Å². The van der Waals surface area contributed by atoms with E-state index in [1.54, 1.807) is 24.3 Å². The molecule has 2 aromatic carbocycles. The lowest BCUT2D eigenvalue weighted by Crippen LogP contribution is -2.52. The van der Waals surface area contributed by atoms with Crippen molar-refractivity contribution >= 4 is 22.0 Å². The maximum atomic E-state index is 13.4. The highest BCUT2D eigenvalue weighted by atomic mass is 32.2. The molecule has 2 saturated heterocycles. The van der Waals surface area contributed by atoms with Gasteiger partial charge < -0.3 is 25.4 Å². The van der Waals surface area contributed by atoms with Crippen molar-refractivity contribution in [2.24, 2.45) is 0 Å². The van der Waals surface area contributed by atoms with E-state index in [4.69, 9.17) is 9.47 Å². The normalized spacial score (nSPS) is 19.1. The molecule has 0 unspecified atom stereocenters. The number of piperidine rings is 1. The van der Waals surface area contributed by atoms with Crippen molar-refractivity contribution in [3.8, 4) is 5.75 Å². The molecule has 2 aliphatic rings. The van der Waals surface area contributed by atoms with Crippen molar-refractivity contribution in [3.63, 3.8) is 0 Å². The number of piperazine rings is 1. The van der Waals surface area contributed by atoms with Crippen LogP contribution in [0.2, 0.25) is 0 Å². The summed E-state index contributed by atoms with van der Waals surface area (Å²) in [5.41, 5.74) is -0.366. The van der Waals surface area contributed by atoms with Crippen molar-refractivity contribution in [3.05, 3.63) is 59.7 Å². The lowest BCUT2D eigenvalue weighted by atomic mass is 10.1. The molecule has 0 bridgehead atoms. The maximum Gasteiger partial charge on any atom is 0.416 e. The predicted octanol–water partition coefficient (Wildman–Crippen LogP) is 2.57. The number of alkyl carbamates (subject to hydrolysis) is 1. The Hall–Kier alpha value is -3.40. The molecule has 0 radical (unpaired) electrons. The summed E-state index contributed by atoms with van der Waals surface area (Å²) in [4.78, 5) is 28.0. The summed E-state index contributed by atoms with van der Waals surface area (Å²) in [5.74, 6) is 0.183. The summed E-state index contributed by atoms with van der Waals surface area (Å²) in [5, 5.41) is 8.70. The van der Waals surface area contributed by atoms with Gasteiger partial charge in [0.1, 0.15) is 11.8 Å². The van der Waals surface area contributed by atoms with Gasteiger partial charge in [0.25, 0.3) is 0 Å². The molecular weight excluding hydrogens is 603 g/mol. The molecule has 3 N–H and O–H groups in total. The number of hydrogen-bond donors (Lipinski definition) is 3. The fraction of sp³-hybridized carbons (Fsp3) is 0.517.